The van der Waals surface area contributed by atoms with Gasteiger partial charge >= 0.3 is 0 Å². The fourth-order valence-electron chi connectivity index (χ4n) is 3.81. The Morgan fingerprint density at radius 1 is 1.13 bits per heavy atom. The van der Waals surface area contributed by atoms with Crippen molar-refractivity contribution in [3.05, 3.63) is 59.7 Å². The molecule has 1 aliphatic heterocycles. The lowest BCUT2D eigenvalue weighted by atomic mass is 10.0. The zero-order valence-electron chi connectivity index (χ0n) is 17.6. The molecule has 1 heterocycles. The quantitative estimate of drug-likeness (QED) is 0.658. The maximum atomic E-state index is 12.9. The van der Waals surface area contributed by atoms with Gasteiger partial charge in [0, 0.05) is 19.5 Å². The summed E-state index contributed by atoms with van der Waals surface area (Å²) in [7, 11) is -1.95. The number of sulfonamides is 1. The molecule has 0 aromatic heterocycles. The Kier molecular flexibility index (Phi) is 7.50. The van der Waals surface area contributed by atoms with Crippen molar-refractivity contribution in [1.29, 1.82) is 0 Å². The first-order valence-corrected chi connectivity index (χ1v) is 11.9. The Bertz CT molecular complexity index is 954. The number of benzene rings is 2. The van der Waals surface area contributed by atoms with Gasteiger partial charge in [-0.25, -0.2) is 8.42 Å². The van der Waals surface area contributed by atoms with Gasteiger partial charge in [0.25, 0.3) is 0 Å². The van der Waals surface area contributed by atoms with Gasteiger partial charge in [-0.3, -0.25) is 4.79 Å². The van der Waals surface area contributed by atoms with Crippen molar-refractivity contribution in [3.8, 4) is 5.75 Å². The van der Waals surface area contributed by atoms with Crippen molar-refractivity contribution in [2.45, 2.75) is 50.0 Å². The van der Waals surface area contributed by atoms with Gasteiger partial charge in [-0.15, -0.1) is 0 Å². The number of aryl methyl sites for hydroxylation is 1. The molecule has 1 saturated heterocycles. The SMILES string of the molecule is CC[C@@H](NC(=O)CCc1cc(S(=O)(=O)N2CCCC2)ccc1OC)c1ccccc1. The molecule has 1 aliphatic rings. The van der Waals surface area contributed by atoms with Crippen LogP contribution in [0.2, 0.25) is 0 Å². The minimum Gasteiger partial charge on any atom is -0.496 e. The normalized spacial score (nSPS) is 15.7. The van der Waals surface area contributed by atoms with Crippen LogP contribution in [-0.2, 0) is 21.2 Å². The number of amides is 1. The van der Waals surface area contributed by atoms with Gasteiger partial charge in [-0.05, 0) is 55.0 Å². The molecule has 30 heavy (non-hydrogen) atoms. The second kappa shape index (κ2) is 10.1. The lowest BCUT2D eigenvalue weighted by Gasteiger charge is -2.19. The van der Waals surface area contributed by atoms with Crippen LogP contribution in [0.3, 0.4) is 0 Å². The van der Waals surface area contributed by atoms with Gasteiger partial charge in [0.05, 0.1) is 18.0 Å². The van der Waals surface area contributed by atoms with E-state index in [1.807, 2.05) is 37.3 Å². The van der Waals surface area contributed by atoms with Crippen LogP contribution >= 0.6 is 0 Å². The summed E-state index contributed by atoms with van der Waals surface area (Å²) < 4.78 is 32.7. The van der Waals surface area contributed by atoms with Gasteiger partial charge < -0.3 is 10.1 Å². The molecule has 162 valence electrons. The van der Waals surface area contributed by atoms with Crippen LogP contribution < -0.4 is 10.1 Å². The van der Waals surface area contributed by atoms with Gasteiger partial charge in [0.2, 0.25) is 15.9 Å². The third kappa shape index (κ3) is 5.21. The molecule has 6 nitrogen and oxygen atoms in total. The molecule has 0 bridgehead atoms. The zero-order chi connectivity index (χ0) is 21.6. The van der Waals surface area contributed by atoms with E-state index in [2.05, 4.69) is 5.32 Å². The molecule has 1 N–H and O–H groups in total. The zero-order valence-corrected chi connectivity index (χ0v) is 18.5. The molecule has 0 unspecified atom stereocenters. The number of carbonyl (C=O) groups is 1. The summed E-state index contributed by atoms with van der Waals surface area (Å²) in [6.45, 7) is 3.15. The predicted octanol–water partition coefficient (Wildman–Crippen LogP) is 3.68. The summed E-state index contributed by atoms with van der Waals surface area (Å²) in [6.07, 6.45) is 3.24. The molecule has 0 spiro atoms. The van der Waals surface area contributed by atoms with Gasteiger partial charge in [0.15, 0.2) is 0 Å². The minimum atomic E-state index is -3.51. The standard InChI is InChI=1S/C23H30N2O4S/c1-3-21(18-9-5-4-6-10-18)24-23(26)14-11-19-17-20(12-13-22(19)29-2)30(27,28)25-15-7-8-16-25/h4-6,9-10,12-13,17,21H,3,7-8,11,14-16H2,1-2H3,(H,24,26)/t21-/m1/s1. The number of methoxy groups -OCH3 is 1. The van der Waals surface area contributed by atoms with Gasteiger partial charge in [0.1, 0.15) is 5.75 Å². The number of rotatable bonds is 9. The fourth-order valence-corrected chi connectivity index (χ4v) is 5.38. The van der Waals surface area contributed by atoms with E-state index in [0.717, 1.165) is 30.4 Å². The number of carbonyl (C=O) groups excluding carboxylic acids is 1. The van der Waals surface area contributed by atoms with Crippen molar-refractivity contribution in [2.24, 2.45) is 0 Å². The lowest BCUT2D eigenvalue weighted by molar-refractivity contribution is -0.121. The van der Waals surface area contributed by atoms with Crippen LogP contribution in [0.5, 0.6) is 5.75 Å². The van der Waals surface area contributed by atoms with Crippen molar-refractivity contribution in [1.82, 2.24) is 9.62 Å². The highest BCUT2D eigenvalue weighted by Crippen LogP contribution is 2.27. The number of nitrogens with one attached hydrogen (secondary N) is 1. The number of hydrogen-bond donors (Lipinski definition) is 1. The van der Waals surface area contributed by atoms with Gasteiger partial charge in [-0.2, -0.15) is 4.31 Å². The van der Waals surface area contributed by atoms with Crippen molar-refractivity contribution in [2.75, 3.05) is 20.2 Å². The van der Waals surface area contributed by atoms with E-state index in [1.54, 1.807) is 25.3 Å². The molecule has 7 heteroatoms. The molecule has 1 fully saturated rings. The minimum absolute atomic E-state index is 0.0394. The van der Waals surface area contributed by atoms with Gasteiger partial charge in [-0.1, -0.05) is 37.3 Å². The van der Waals surface area contributed by atoms with Crippen LogP contribution in [0.4, 0.5) is 0 Å². The van der Waals surface area contributed by atoms with Crippen molar-refractivity contribution >= 4 is 15.9 Å². The Hall–Kier alpha value is -2.38. The van der Waals surface area contributed by atoms with E-state index >= 15 is 0 Å². The molecule has 1 atom stereocenters. The van der Waals surface area contributed by atoms with Crippen LogP contribution in [0, 0.1) is 0 Å². The Labute approximate surface area is 179 Å². The van der Waals surface area contributed by atoms with E-state index in [4.69, 9.17) is 4.74 Å². The third-order valence-corrected chi connectivity index (χ3v) is 7.42. The average Bonchev–Trinajstić information content (AvgIpc) is 3.32. The molecule has 0 aliphatic carbocycles. The predicted molar refractivity (Wildman–Crippen MR) is 117 cm³/mol. The third-order valence-electron chi connectivity index (χ3n) is 5.52. The first kappa shape index (κ1) is 22.3. The second-order valence-corrected chi connectivity index (χ2v) is 9.46. The van der Waals surface area contributed by atoms with Crippen LogP contribution in [0.25, 0.3) is 0 Å². The van der Waals surface area contributed by atoms with E-state index in [0.29, 0.717) is 25.3 Å². The summed E-state index contributed by atoms with van der Waals surface area (Å²) in [4.78, 5) is 12.8. The summed E-state index contributed by atoms with van der Waals surface area (Å²) in [5.41, 5.74) is 1.80. The largest absolute Gasteiger partial charge is 0.496 e. The summed E-state index contributed by atoms with van der Waals surface area (Å²) in [6, 6.07) is 14.7. The smallest absolute Gasteiger partial charge is 0.243 e. The average molecular weight is 431 g/mol. The Morgan fingerprint density at radius 3 is 2.47 bits per heavy atom. The molecular weight excluding hydrogens is 400 g/mol. The summed E-state index contributed by atoms with van der Waals surface area (Å²) in [5.74, 6) is 0.527. The molecular formula is C23H30N2O4S. The van der Waals surface area contributed by atoms with Crippen LogP contribution in [0.1, 0.15) is 49.8 Å². The Balaban J connectivity index is 1.70. The van der Waals surface area contributed by atoms with Crippen LogP contribution in [-0.4, -0.2) is 38.8 Å². The van der Waals surface area contributed by atoms with E-state index in [9.17, 15) is 13.2 Å². The topological polar surface area (TPSA) is 75.7 Å². The highest BCUT2D eigenvalue weighted by Gasteiger charge is 2.27. The summed E-state index contributed by atoms with van der Waals surface area (Å²) >= 11 is 0. The van der Waals surface area contributed by atoms with E-state index in [-0.39, 0.29) is 23.3 Å². The van der Waals surface area contributed by atoms with Crippen molar-refractivity contribution in [3.63, 3.8) is 0 Å². The van der Waals surface area contributed by atoms with E-state index in [1.165, 1.54) is 4.31 Å². The number of hydrogen-bond acceptors (Lipinski definition) is 4. The molecule has 3 rings (SSSR count). The number of nitrogens with zero attached hydrogens (tertiary/aromatic N) is 1. The van der Waals surface area contributed by atoms with E-state index < -0.39 is 10.0 Å². The number of ether oxygens (including phenoxy) is 1. The highest BCUT2D eigenvalue weighted by atomic mass is 32.2. The molecule has 1 amide bonds. The van der Waals surface area contributed by atoms with Crippen molar-refractivity contribution < 1.29 is 17.9 Å². The molecule has 2 aromatic carbocycles. The second-order valence-electron chi connectivity index (χ2n) is 7.52. The first-order valence-electron chi connectivity index (χ1n) is 10.5. The maximum Gasteiger partial charge on any atom is 0.243 e. The molecule has 2 aromatic rings. The molecule has 0 saturated carbocycles. The monoisotopic (exact) mass is 430 g/mol. The Morgan fingerprint density at radius 2 is 1.83 bits per heavy atom. The maximum absolute atomic E-state index is 12.9. The first-order chi connectivity index (χ1) is 14.5. The molecule has 0 radical (unpaired) electrons. The fraction of sp³-hybridized carbons (Fsp3) is 0.435. The van der Waals surface area contributed by atoms with Crippen LogP contribution in [0.15, 0.2) is 53.4 Å². The summed E-state index contributed by atoms with van der Waals surface area (Å²) in [5, 5.41) is 3.07. The highest BCUT2D eigenvalue weighted by molar-refractivity contribution is 7.89. The lowest BCUT2D eigenvalue weighted by Crippen LogP contribution is -2.28.